The summed E-state index contributed by atoms with van der Waals surface area (Å²) in [6.45, 7) is 3.39. The number of hydrogen-bond acceptors (Lipinski definition) is 7. The molecule has 140 valence electrons. The molecule has 0 unspecified atom stereocenters. The van der Waals surface area contributed by atoms with E-state index in [9.17, 15) is 4.39 Å². The van der Waals surface area contributed by atoms with Gasteiger partial charge in [0.2, 0.25) is 5.95 Å². The molecule has 3 heterocycles. The first kappa shape index (κ1) is 16.7. The van der Waals surface area contributed by atoms with Gasteiger partial charge in [-0.15, -0.1) is 11.3 Å². The average Bonchev–Trinajstić information content (AvgIpc) is 3.36. The Labute approximate surface area is 160 Å². The lowest BCUT2D eigenvalue weighted by atomic mass is 10.2. The van der Waals surface area contributed by atoms with E-state index in [2.05, 4.69) is 30.8 Å². The number of nitrogens with one attached hydrogen (secondary N) is 3. The number of aromatic nitrogens is 2. The highest BCUT2D eigenvalue weighted by atomic mass is 32.1. The smallest absolute Gasteiger partial charge is 0.229 e. The molecule has 3 aromatic rings. The van der Waals surface area contributed by atoms with Crippen LogP contribution in [-0.4, -0.2) is 42.2 Å². The zero-order valence-corrected chi connectivity index (χ0v) is 15.7. The normalized spacial score (nSPS) is 17.3. The van der Waals surface area contributed by atoms with E-state index in [1.54, 1.807) is 11.3 Å². The van der Waals surface area contributed by atoms with Crippen LogP contribution in [0.15, 0.2) is 29.6 Å². The van der Waals surface area contributed by atoms with Crippen molar-refractivity contribution < 1.29 is 4.39 Å². The molecule has 1 saturated heterocycles. The molecule has 0 bridgehead atoms. The second-order valence-electron chi connectivity index (χ2n) is 6.98. The molecule has 1 aliphatic heterocycles. The molecule has 1 aromatic carbocycles. The van der Waals surface area contributed by atoms with Crippen LogP contribution in [0, 0.1) is 5.82 Å². The van der Waals surface area contributed by atoms with Gasteiger partial charge in [-0.3, -0.25) is 0 Å². The lowest BCUT2D eigenvalue weighted by molar-refractivity contribution is 0.566. The topological polar surface area (TPSA) is 65.1 Å². The Balaban J connectivity index is 1.40. The van der Waals surface area contributed by atoms with Crippen molar-refractivity contribution in [2.75, 3.05) is 41.7 Å². The van der Waals surface area contributed by atoms with E-state index in [0.29, 0.717) is 23.4 Å². The Morgan fingerprint density at radius 1 is 1.15 bits per heavy atom. The van der Waals surface area contributed by atoms with Gasteiger partial charge in [0.25, 0.3) is 0 Å². The Hall–Kier alpha value is -2.45. The van der Waals surface area contributed by atoms with Crippen LogP contribution in [0.5, 0.6) is 0 Å². The van der Waals surface area contributed by atoms with Crippen molar-refractivity contribution in [1.82, 2.24) is 15.3 Å². The van der Waals surface area contributed by atoms with Gasteiger partial charge in [-0.2, -0.15) is 4.98 Å². The van der Waals surface area contributed by atoms with Gasteiger partial charge in [-0.25, -0.2) is 9.37 Å². The van der Waals surface area contributed by atoms with Crippen molar-refractivity contribution >= 4 is 44.7 Å². The molecule has 27 heavy (non-hydrogen) atoms. The van der Waals surface area contributed by atoms with Crippen LogP contribution in [0.2, 0.25) is 0 Å². The third-order valence-electron chi connectivity index (χ3n) is 4.88. The summed E-state index contributed by atoms with van der Waals surface area (Å²) in [5, 5.41) is 11.9. The summed E-state index contributed by atoms with van der Waals surface area (Å²) >= 11 is 1.63. The number of hydrogen-bond donors (Lipinski definition) is 3. The summed E-state index contributed by atoms with van der Waals surface area (Å²) in [5.74, 6) is 1.12. The van der Waals surface area contributed by atoms with Gasteiger partial charge in [-0.1, -0.05) is 0 Å². The fraction of sp³-hybridized carbons (Fsp3) is 0.368. The minimum atomic E-state index is -0.227. The molecular weight excluding hydrogens is 363 g/mol. The Morgan fingerprint density at radius 3 is 2.78 bits per heavy atom. The van der Waals surface area contributed by atoms with Crippen LogP contribution in [-0.2, 0) is 0 Å². The number of piperazine rings is 1. The monoisotopic (exact) mass is 384 g/mol. The highest BCUT2D eigenvalue weighted by molar-refractivity contribution is 7.17. The van der Waals surface area contributed by atoms with E-state index in [1.807, 2.05) is 23.6 Å². The number of thiophene rings is 1. The first-order chi connectivity index (χ1) is 13.3. The van der Waals surface area contributed by atoms with Crippen molar-refractivity contribution in [2.24, 2.45) is 0 Å². The highest BCUT2D eigenvalue weighted by Gasteiger charge is 2.23. The third kappa shape index (κ3) is 3.54. The number of nitrogens with zero attached hydrogens (tertiary/aromatic N) is 3. The molecule has 0 radical (unpaired) electrons. The van der Waals surface area contributed by atoms with E-state index < -0.39 is 0 Å². The van der Waals surface area contributed by atoms with Crippen LogP contribution >= 0.6 is 11.3 Å². The molecule has 5 rings (SSSR count). The molecule has 0 spiro atoms. The minimum Gasteiger partial charge on any atom is -0.367 e. The number of halogens is 1. The van der Waals surface area contributed by atoms with Crippen LogP contribution < -0.4 is 20.9 Å². The molecule has 8 heteroatoms. The Kier molecular flexibility index (Phi) is 4.29. The number of rotatable bonds is 5. The molecule has 2 aromatic heterocycles. The first-order valence-corrected chi connectivity index (χ1v) is 10.2. The van der Waals surface area contributed by atoms with Crippen molar-refractivity contribution in [3.05, 3.63) is 35.5 Å². The predicted molar refractivity (Wildman–Crippen MR) is 109 cm³/mol. The van der Waals surface area contributed by atoms with Gasteiger partial charge in [0, 0.05) is 37.9 Å². The van der Waals surface area contributed by atoms with Gasteiger partial charge >= 0.3 is 0 Å². The maximum Gasteiger partial charge on any atom is 0.229 e. The molecule has 0 atom stereocenters. The largest absolute Gasteiger partial charge is 0.367 e. The van der Waals surface area contributed by atoms with Crippen LogP contribution in [0.25, 0.3) is 10.2 Å². The molecule has 1 aliphatic carbocycles. The standard InChI is InChI=1S/C19H21FN6S/c20-14-11-13(3-4-16(14)26-8-6-21-7-9-26)23-19-24-15-5-10-27-17(15)18(25-19)22-12-1-2-12/h3-5,10-12,21H,1-2,6-9H2,(H2,22,23,24,25). The van der Waals surface area contributed by atoms with Gasteiger partial charge in [0.1, 0.15) is 11.6 Å². The summed E-state index contributed by atoms with van der Waals surface area (Å²) < 4.78 is 15.7. The SMILES string of the molecule is Fc1cc(Nc2nc(NC3CC3)c3sccc3n2)ccc1N1CCNCC1. The molecule has 1 saturated carbocycles. The van der Waals surface area contributed by atoms with Gasteiger partial charge in [0.15, 0.2) is 0 Å². The second kappa shape index (κ2) is 6.94. The number of anilines is 4. The van der Waals surface area contributed by atoms with E-state index in [0.717, 1.165) is 42.2 Å². The lowest BCUT2D eigenvalue weighted by Crippen LogP contribution is -2.43. The van der Waals surface area contributed by atoms with Crippen molar-refractivity contribution in [3.8, 4) is 0 Å². The number of benzene rings is 1. The maximum absolute atomic E-state index is 14.6. The van der Waals surface area contributed by atoms with Crippen LogP contribution in [0.1, 0.15) is 12.8 Å². The fourth-order valence-corrected chi connectivity index (χ4v) is 4.10. The van der Waals surface area contributed by atoms with E-state index in [-0.39, 0.29) is 5.82 Å². The van der Waals surface area contributed by atoms with E-state index in [1.165, 1.54) is 18.9 Å². The van der Waals surface area contributed by atoms with Crippen molar-refractivity contribution in [2.45, 2.75) is 18.9 Å². The molecule has 2 aliphatic rings. The molecule has 2 fully saturated rings. The molecule has 6 nitrogen and oxygen atoms in total. The first-order valence-electron chi connectivity index (χ1n) is 9.30. The number of fused-ring (bicyclic) bond motifs is 1. The summed E-state index contributed by atoms with van der Waals surface area (Å²) in [7, 11) is 0. The molecule has 0 amide bonds. The summed E-state index contributed by atoms with van der Waals surface area (Å²) in [5.41, 5.74) is 2.20. The van der Waals surface area contributed by atoms with Gasteiger partial charge < -0.3 is 20.9 Å². The summed E-state index contributed by atoms with van der Waals surface area (Å²) in [4.78, 5) is 11.3. The molecule has 3 N–H and O–H groups in total. The zero-order chi connectivity index (χ0) is 18.2. The molecular formula is C19H21FN6S. The van der Waals surface area contributed by atoms with Crippen molar-refractivity contribution in [3.63, 3.8) is 0 Å². The van der Waals surface area contributed by atoms with Crippen LogP contribution in [0.4, 0.5) is 27.5 Å². The predicted octanol–water partition coefficient (Wildman–Crippen LogP) is 3.56. The maximum atomic E-state index is 14.6. The Bertz CT molecular complexity index is 964. The Morgan fingerprint density at radius 2 is 2.00 bits per heavy atom. The minimum absolute atomic E-state index is 0.227. The summed E-state index contributed by atoms with van der Waals surface area (Å²) in [6, 6.07) is 7.73. The zero-order valence-electron chi connectivity index (χ0n) is 14.8. The quantitative estimate of drug-likeness (QED) is 0.625. The second-order valence-corrected chi connectivity index (χ2v) is 7.89. The fourth-order valence-electron chi connectivity index (χ4n) is 3.31. The van der Waals surface area contributed by atoms with Gasteiger partial charge in [-0.05, 0) is 42.5 Å². The van der Waals surface area contributed by atoms with Gasteiger partial charge in [0.05, 0.1) is 15.9 Å². The third-order valence-corrected chi connectivity index (χ3v) is 5.79. The summed E-state index contributed by atoms with van der Waals surface area (Å²) in [6.07, 6.45) is 2.36. The van der Waals surface area contributed by atoms with E-state index in [4.69, 9.17) is 0 Å². The van der Waals surface area contributed by atoms with Crippen LogP contribution in [0.3, 0.4) is 0 Å². The average molecular weight is 384 g/mol. The van der Waals surface area contributed by atoms with Crippen molar-refractivity contribution in [1.29, 1.82) is 0 Å². The highest BCUT2D eigenvalue weighted by Crippen LogP contribution is 2.32. The lowest BCUT2D eigenvalue weighted by Gasteiger charge is -2.29. The van der Waals surface area contributed by atoms with E-state index >= 15 is 0 Å².